The topological polar surface area (TPSA) is 48.5 Å². The monoisotopic (exact) mass is 867 g/mol. The lowest BCUT2D eigenvalue weighted by atomic mass is 9.97. The van der Waals surface area contributed by atoms with Crippen LogP contribution in [0.2, 0.25) is 0 Å². The third-order valence-electron chi connectivity index (χ3n) is 13.2. The summed E-state index contributed by atoms with van der Waals surface area (Å²) in [4.78, 5) is 16.0. The maximum absolute atomic E-state index is 5.38. The second kappa shape index (κ2) is 16.4. The summed E-state index contributed by atoms with van der Waals surface area (Å²) in [7, 11) is 0. The number of nitrogens with zero attached hydrogens (tertiary/aromatic N) is 5. The molecule has 0 bridgehead atoms. The first-order valence-electron chi connectivity index (χ1n) is 23.0. The minimum Gasteiger partial charge on any atom is -0.309 e. The maximum atomic E-state index is 5.38. The highest BCUT2D eigenvalue weighted by atomic mass is 15.2. The largest absolute Gasteiger partial charge is 0.309 e. The predicted octanol–water partition coefficient (Wildman–Crippen LogP) is 16.1. The molecule has 0 saturated heterocycles. The van der Waals surface area contributed by atoms with Crippen LogP contribution in [0.1, 0.15) is 0 Å². The second-order valence-corrected chi connectivity index (χ2v) is 17.2. The molecule has 0 fully saturated rings. The summed E-state index contributed by atoms with van der Waals surface area (Å²) < 4.78 is 4.68. The van der Waals surface area contributed by atoms with E-state index in [0.717, 1.165) is 88.4 Å². The third kappa shape index (κ3) is 6.76. The van der Waals surface area contributed by atoms with E-state index in [-0.39, 0.29) is 0 Å². The highest BCUT2D eigenvalue weighted by Gasteiger charge is 2.23. The van der Waals surface area contributed by atoms with Gasteiger partial charge in [0.1, 0.15) is 0 Å². The molecule has 13 rings (SSSR count). The fourth-order valence-corrected chi connectivity index (χ4v) is 9.93. The molecule has 0 radical (unpaired) electrons. The van der Waals surface area contributed by atoms with E-state index in [4.69, 9.17) is 15.0 Å². The van der Waals surface area contributed by atoms with Crippen molar-refractivity contribution in [2.24, 2.45) is 0 Å². The van der Waals surface area contributed by atoms with Crippen LogP contribution >= 0.6 is 0 Å². The summed E-state index contributed by atoms with van der Waals surface area (Å²) in [6, 6.07) is 88.3. The van der Waals surface area contributed by atoms with Crippen molar-refractivity contribution in [3.8, 4) is 78.9 Å². The standard InChI is InChI=1S/C63H41N5/c1-5-18-42(19-6-1)45-32-34-47(35-33-45)61-64-62(50-27-17-26-48(38-50)43-20-7-2-8-21-43)66-63(65-61)68-57-31-16-14-29-52(57)55-40-59-54(41-60(55)68)51-28-13-15-30-56(51)67(59)58-37-36-49(44-22-9-3-10-23-44)39-53(58)46-24-11-4-12-25-46/h1-41H. The molecule has 0 aliphatic rings. The van der Waals surface area contributed by atoms with E-state index >= 15 is 0 Å². The van der Waals surface area contributed by atoms with Gasteiger partial charge in [-0.05, 0) is 81.4 Å². The Balaban J connectivity index is 1.05. The molecular formula is C63H41N5. The van der Waals surface area contributed by atoms with Crippen molar-refractivity contribution >= 4 is 43.6 Å². The van der Waals surface area contributed by atoms with Crippen LogP contribution in [0, 0.1) is 0 Å². The normalized spacial score (nSPS) is 11.5. The Kier molecular flexibility index (Phi) is 9.43. The van der Waals surface area contributed by atoms with E-state index in [1.807, 2.05) is 12.1 Å². The second-order valence-electron chi connectivity index (χ2n) is 17.2. The summed E-state index contributed by atoms with van der Waals surface area (Å²) in [6.45, 7) is 0. The van der Waals surface area contributed by atoms with Gasteiger partial charge in [-0.1, -0.05) is 206 Å². The van der Waals surface area contributed by atoms with Gasteiger partial charge >= 0.3 is 0 Å². The van der Waals surface area contributed by atoms with E-state index < -0.39 is 0 Å². The van der Waals surface area contributed by atoms with Gasteiger partial charge in [0.2, 0.25) is 5.95 Å². The lowest BCUT2D eigenvalue weighted by molar-refractivity contribution is 0.954. The third-order valence-corrected chi connectivity index (χ3v) is 13.2. The Hall–Kier alpha value is -9.19. The molecule has 0 saturated carbocycles. The molecule has 3 heterocycles. The van der Waals surface area contributed by atoms with Gasteiger partial charge in [-0.15, -0.1) is 0 Å². The zero-order valence-electron chi connectivity index (χ0n) is 36.9. The molecule has 0 aliphatic carbocycles. The number of hydrogen-bond acceptors (Lipinski definition) is 3. The number of hydrogen-bond donors (Lipinski definition) is 0. The van der Waals surface area contributed by atoms with Gasteiger partial charge in [-0.3, -0.25) is 4.57 Å². The minimum absolute atomic E-state index is 0.555. The predicted molar refractivity (Wildman–Crippen MR) is 281 cm³/mol. The first-order valence-corrected chi connectivity index (χ1v) is 23.0. The van der Waals surface area contributed by atoms with E-state index in [1.54, 1.807) is 0 Å². The van der Waals surface area contributed by atoms with Crippen LogP contribution in [-0.4, -0.2) is 24.1 Å². The van der Waals surface area contributed by atoms with Crippen LogP contribution < -0.4 is 0 Å². The van der Waals surface area contributed by atoms with Gasteiger partial charge in [0.25, 0.3) is 0 Å². The highest BCUT2D eigenvalue weighted by Crippen LogP contribution is 2.42. The van der Waals surface area contributed by atoms with Crippen LogP contribution in [0.5, 0.6) is 0 Å². The number of fused-ring (bicyclic) bond motifs is 6. The van der Waals surface area contributed by atoms with Crippen molar-refractivity contribution in [2.45, 2.75) is 0 Å². The van der Waals surface area contributed by atoms with Crippen LogP contribution in [0.25, 0.3) is 123 Å². The molecule has 0 aliphatic heterocycles. The summed E-state index contributed by atoms with van der Waals surface area (Å²) >= 11 is 0. The summed E-state index contributed by atoms with van der Waals surface area (Å²) in [5, 5.41) is 4.54. The fraction of sp³-hybridized carbons (Fsp3) is 0. The average molecular weight is 868 g/mol. The van der Waals surface area contributed by atoms with E-state index in [1.165, 1.54) is 16.5 Å². The lowest BCUT2D eigenvalue weighted by Gasteiger charge is -2.16. The first kappa shape index (κ1) is 39.2. The molecule has 68 heavy (non-hydrogen) atoms. The molecule has 0 amide bonds. The van der Waals surface area contributed by atoms with Gasteiger partial charge in [0.15, 0.2) is 11.6 Å². The molecule has 0 spiro atoms. The minimum atomic E-state index is 0.555. The summed E-state index contributed by atoms with van der Waals surface area (Å²) in [5.74, 6) is 1.76. The first-order chi connectivity index (χ1) is 33.7. The van der Waals surface area contributed by atoms with Gasteiger partial charge < -0.3 is 4.57 Å². The van der Waals surface area contributed by atoms with Crippen molar-refractivity contribution in [3.63, 3.8) is 0 Å². The number of para-hydroxylation sites is 2. The number of benzene rings is 10. The smallest absolute Gasteiger partial charge is 0.238 e. The molecule has 318 valence electrons. The van der Waals surface area contributed by atoms with Crippen LogP contribution in [0.15, 0.2) is 249 Å². The summed E-state index contributed by atoms with van der Waals surface area (Å²) in [5.41, 5.74) is 16.4. The van der Waals surface area contributed by atoms with Gasteiger partial charge in [-0.25, -0.2) is 4.98 Å². The van der Waals surface area contributed by atoms with E-state index in [2.05, 4.69) is 246 Å². The molecule has 3 aromatic heterocycles. The molecular weight excluding hydrogens is 827 g/mol. The molecule has 5 nitrogen and oxygen atoms in total. The molecule has 0 unspecified atom stereocenters. The van der Waals surface area contributed by atoms with E-state index in [9.17, 15) is 0 Å². The highest BCUT2D eigenvalue weighted by molar-refractivity contribution is 6.19. The molecule has 10 aromatic carbocycles. The van der Waals surface area contributed by atoms with Gasteiger partial charge in [-0.2, -0.15) is 9.97 Å². The SMILES string of the molecule is c1ccc(-c2ccc(-c3nc(-c4cccc(-c5ccccc5)c4)nc(-n4c5ccccc5c5cc6c(cc54)c4ccccc4n6-c4ccc(-c5ccccc5)cc4-c4ccccc4)n3)cc2)cc1. The Morgan fingerprint density at radius 3 is 1.25 bits per heavy atom. The van der Waals surface area contributed by atoms with Gasteiger partial charge in [0.05, 0.1) is 27.8 Å². The fourth-order valence-electron chi connectivity index (χ4n) is 9.93. The Labute approximate surface area is 393 Å². The summed E-state index contributed by atoms with van der Waals surface area (Å²) in [6.07, 6.45) is 0. The zero-order valence-corrected chi connectivity index (χ0v) is 36.9. The van der Waals surface area contributed by atoms with Crippen LogP contribution in [0.3, 0.4) is 0 Å². The van der Waals surface area contributed by atoms with Gasteiger partial charge in [0, 0.05) is 38.2 Å². The number of rotatable bonds is 8. The van der Waals surface area contributed by atoms with E-state index in [0.29, 0.717) is 17.6 Å². The van der Waals surface area contributed by atoms with Crippen molar-refractivity contribution in [1.29, 1.82) is 0 Å². The van der Waals surface area contributed by atoms with Crippen molar-refractivity contribution in [3.05, 3.63) is 249 Å². The molecule has 0 N–H and O–H groups in total. The van der Waals surface area contributed by atoms with Crippen molar-refractivity contribution < 1.29 is 0 Å². The quantitative estimate of drug-likeness (QED) is 0.153. The average Bonchev–Trinajstić information content (AvgIpc) is 3.92. The lowest BCUT2D eigenvalue weighted by Crippen LogP contribution is -2.06. The zero-order chi connectivity index (χ0) is 45.0. The number of aromatic nitrogens is 5. The molecule has 0 atom stereocenters. The van der Waals surface area contributed by atoms with Crippen molar-refractivity contribution in [1.82, 2.24) is 24.1 Å². The Bertz CT molecular complexity index is 3990. The van der Waals surface area contributed by atoms with Crippen molar-refractivity contribution in [2.75, 3.05) is 0 Å². The Morgan fingerprint density at radius 1 is 0.235 bits per heavy atom. The Morgan fingerprint density at radius 2 is 0.647 bits per heavy atom. The molecule has 5 heteroatoms. The van der Waals surface area contributed by atoms with Crippen LogP contribution in [0.4, 0.5) is 0 Å². The van der Waals surface area contributed by atoms with Crippen LogP contribution in [-0.2, 0) is 0 Å². The molecule has 13 aromatic rings. The maximum Gasteiger partial charge on any atom is 0.238 e.